The third kappa shape index (κ3) is 4.18. The van der Waals surface area contributed by atoms with Gasteiger partial charge in [-0.3, -0.25) is 14.9 Å². The highest BCUT2D eigenvalue weighted by molar-refractivity contribution is 7.14. The molecule has 3 aromatic rings. The third-order valence-corrected chi connectivity index (χ3v) is 4.17. The van der Waals surface area contributed by atoms with Crippen molar-refractivity contribution in [3.63, 3.8) is 0 Å². The molecule has 0 radical (unpaired) electrons. The molecular weight excluding hydrogens is 334 g/mol. The summed E-state index contributed by atoms with van der Waals surface area (Å²) in [5.41, 5.74) is 2.68. The van der Waals surface area contributed by atoms with Crippen LogP contribution in [0.15, 0.2) is 41.2 Å². The molecule has 0 saturated carbocycles. The van der Waals surface area contributed by atoms with Crippen LogP contribution < -0.4 is 10.6 Å². The summed E-state index contributed by atoms with van der Waals surface area (Å²) in [6.45, 7) is 0. The molecule has 2 N–H and O–H groups in total. The van der Waals surface area contributed by atoms with Gasteiger partial charge in [-0.25, -0.2) is 4.98 Å². The van der Waals surface area contributed by atoms with Gasteiger partial charge in [0.1, 0.15) is 5.51 Å². The fourth-order valence-electron chi connectivity index (χ4n) is 1.76. The molecule has 0 aliphatic carbocycles. The fourth-order valence-corrected chi connectivity index (χ4v) is 2.93. The predicted octanol–water partition coefficient (Wildman–Crippen LogP) is 2.43. The van der Waals surface area contributed by atoms with Crippen molar-refractivity contribution >= 4 is 44.8 Å². The Labute approximate surface area is 139 Å². The van der Waals surface area contributed by atoms with Crippen LogP contribution in [0.4, 0.5) is 10.3 Å². The average Bonchev–Trinajstić information content (AvgIpc) is 3.20. The number of nitrogens with zero attached hydrogens (tertiary/aromatic N) is 3. The number of aromatic nitrogens is 3. The van der Waals surface area contributed by atoms with E-state index in [4.69, 9.17) is 0 Å². The zero-order valence-electron chi connectivity index (χ0n) is 11.7. The summed E-state index contributed by atoms with van der Waals surface area (Å²) in [4.78, 5) is 28.1. The van der Waals surface area contributed by atoms with E-state index in [0.29, 0.717) is 21.5 Å². The second-order valence-electron chi connectivity index (χ2n) is 4.43. The molecule has 23 heavy (non-hydrogen) atoms. The number of rotatable bonds is 5. The van der Waals surface area contributed by atoms with Crippen LogP contribution in [0.1, 0.15) is 16.1 Å². The average molecular weight is 345 g/mol. The van der Waals surface area contributed by atoms with E-state index < -0.39 is 0 Å². The van der Waals surface area contributed by atoms with Gasteiger partial charge >= 0.3 is 0 Å². The highest BCUT2D eigenvalue weighted by Crippen LogP contribution is 2.17. The lowest BCUT2D eigenvalue weighted by molar-refractivity contribution is -0.115. The minimum Gasteiger partial charge on any atom is -0.300 e. The molecule has 2 aromatic heterocycles. The second kappa shape index (κ2) is 7.07. The van der Waals surface area contributed by atoms with Gasteiger partial charge in [-0.05, 0) is 12.1 Å². The van der Waals surface area contributed by atoms with Crippen LogP contribution in [0.3, 0.4) is 0 Å². The zero-order valence-corrected chi connectivity index (χ0v) is 13.4. The van der Waals surface area contributed by atoms with Crippen molar-refractivity contribution in [1.82, 2.24) is 15.2 Å². The summed E-state index contributed by atoms with van der Waals surface area (Å²) in [7, 11) is 0. The van der Waals surface area contributed by atoms with E-state index in [0.717, 1.165) is 0 Å². The molecule has 3 rings (SSSR count). The topological polar surface area (TPSA) is 96.9 Å². The molecule has 0 spiro atoms. The minimum atomic E-state index is -0.232. The number of carbonyl (C=O) groups excluding carboxylic acids is 2. The van der Waals surface area contributed by atoms with Crippen molar-refractivity contribution in [2.24, 2.45) is 0 Å². The van der Waals surface area contributed by atoms with Gasteiger partial charge in [-0.1, -0.05) is 29.5 Å². The van der Waals surface area contributed by atoms with E-state index in [-0.39, 0.29) is 18.2 Å². The van der Waals surface area contributed by atoms with Crippen LogP contribution in [0.2, 0.25) is 0 Å². The van der Waals surface area contributed by atoms with E-state index in [1.807, 2.05) is 6.07 Å². The molecule has 0 bridgehead atoms. The molecular formula is C14H11N5O2S2. The monoisotopic (exact) mass is 345 g/mol. The highest BCUT2D eigenvalue weighted by Gasteiger charge is 2.12. The molecule has 7 nitrogen and oxygen atoms in total. The minimum absolute atomic E-state index is 0.108. The predicted molar refractivity (Wildman–Crippen MR) is 88.8 cm³/mol. The lowest BCUT2D eigenvalue weighted by Gasteiger charge is -2.01. The Morgan fingerprint density at radius 2 is 1.87 bits per heavy atom. The van der Waals surface area contributed by atoms with Gasteiger partial charge < -0.3 is 5.32 Å². The molecule has 0 unspecified atom stereocenters. The summed E-state index contributed by atoms with van der Waals surface area (Å²) >= 11 is 2.52. The number of hydrogen-bond donors (Lipinski definition) is 2. The fraction of sp³-hybridized carbons (Fsp3) is 0.0714. The van der Waals surface area contributed by atoms with Crippen molar-refractivity contribution in [1.29, 1.82) is 0 Å². The molecule has 0 saturated heterocycles. The third-order valence-electron chi connectivity index (χ3n) is 2.76. The van der Waals surface area contributed by atoms with Gasteiger partial charge in [0.25, 0.3) is 5.91 Å². The normalized spacial score (nSPS) is 10.3. The first-order chi connectivity index (χ1) is 11.2. The summed E-state index contributed by atoms with van der Waals surface area (Å²) in [6, 6.07) is 8.87. The first kappa shape index (κ1) is 15.3. The molecule has 2 heterocycles. The van der Waals surface area contributed by atoms with Crippen molar-refractivity contribution in [2.45, 2.75) is 6.42 Å². The van der Waals surface area contributed by atoms with Gasteiger partial charge in [-0.2, -0.15) is 0 Å². The maximum Gasteiger partial charge on any atom is 0.257 e. The van der Waals surface area contributed by atoms with Gasteiger partial charge in [-0.15, -0.1) is 21.5 Å². The van der Waals surface area contributed by atoms with Gasteiger partial charge in [0.15, 0.2) is 5.13 Å². The van der Waals surface area contributed by atoms with Crippen LogP contribution in [0, 0.1) is 0 Å². The Morgan fingerprint density at radius 1 is 1.04 bits per heavy atom. The van der Waals surface area contributed by atoms with E-state index in [1.54, 1.807) is 29.6 Å². The number of nitrogens with one attached hydrogen (secondary N) is 2. The van der Waals surface area contributed by atoms with Crippen molar-refractivity contribution in [3.05, 3.63) is 52.5 Å². The SMILES string of the molecule is O=C(Cc1csc(NC(=O)c2ccccc2)n1)Nc1nncs1. The number of amides is 2. The van der Waals surface area contributed by atoms with Crippen LogP contribution >= 0.6 is 22.7 Å². The summed E-state index contributed by atoms with van der Waals surface area (Å²) < 4.78 is 0. The number of carbonyl (C=O) groups is 2. The van der Waals surface area contributed by atoms with E-state index in [1.165, 1.54) is 28.2 Å². The van der Waals surface area contributed by atoms with E-state index >= 15 is 0 Å². The lowest BCUT2D eigenvalue weighted by atomic mass is 10.2. The Morgan fingerprint density at radius 3 is 2.61 bits per heavy atom. The maximum absolute atomic E-state index is 12.0. The number of anilines is 2. The highest BCUT2D eigenvalue weighted by atomic mass is 32.1. The van der Waals surface area contributed by atoms with Gasteiger partial charge in [0.05, 0.1) is 12.1 Å². The molecule has 0 fully saturated rings. The van der Waals surface area contributed by atoms with Crippen LogP contribution in [-0.2, 0) is 11.2 Å². The molecule has 9 heteroatoms. The molecule has 0 aliphatic rings. The lowest BCUT2D eigenvalue weighted by Crippen LogP contribution is -2.15. The summed E-state index contributed by atoms with van der Waals surface area (Å²) in [5, 5.41) is 15.4. The number of hydrogen-bond acceptors (Lipinski definition) is 7. The van der Waals surface area contributed by atoms with E-state index in [2.05, 4.69) is 25.8 Å². The first-order valence-electron chi connectivity index (χ1n) is 6.57. The van der Waals surface area contributed by atoms with E-state index in [9.17, 15) is 9.59 Å². The Hall–Kier alpha value is -2.65. The largest absolute Gasteiger partial charge is 0.300 e. The van der Waals surface area contributed by atoms with Crippen LogP contribution in [0.5, 0.6) is 0 Å². The number of benzene rings is 1. The Bertz CT molecular complexity index is 802. The van der Waals surface area contributed by atoms with Crippen molar-refractivity contribution in [3.8, 4) is 0 Å². The van der Waals surface area contributed by atoms with Gasteiger partial charge in [0.2, 0.25) is 11.0 Å². The quantitative estimate of drug-likeness (QED) is 0.740. The van der Waals surface area contributed by atoms with Crippen LogP contribution in [0.25, 0.3) is 0 Å². The molecule has 116 valence electrons. The second-order valence-corrected chi connectivity index (χ2v) is 6.12. The van der Waals surface area contributed by atoms with Crippen molar-refractivity contribution < 1.29 is 9.59 Å². The first-order valence-corrected chi connectivity index (χ1v) is 8.33. The Balaban J connectivity index is 1.57. The standard InChI is InChI=1S/C14H11N5O2S2/c20-11(17-14-19-15-8-23-14)6-10-7-22-13(16-10)18-12(21)9-4-2-1-3-5-9/h1-5,7-8H,6H2,(H,16,18,21)(H,17,19,20). The molecule has 1 aromatic carbocycles. The molecule has 2 amide bonds. The smallest absolute Gasteiger partial charge is 0.257 e. The maximum atomic E-state index is 12.0. The van der Waals surface area contributed by atoms with Gasteiger partial charge in [0, 0.05) is 10.9 Å². The summed E-state index contributed by atoms with van der Waals surface area (Å²) in [5.74, 6) is -0.460. The van der Waals surface area contributed by atoms with Crippen molar-refractivity contribution in [2.75, 3.05) is 10.6 Å². The molecule has 0 atom stereocenters. The number of thiazole rings is 1. The Kier molecular flexibility index (Phi) is 4.69. The van der Waals surface area contributed by atoms with Crippen LogP contribution in [-0.4, -0.2) is 27.0 Å². The molecule has 0 aliphatic heterocycles. The summed E-state index contributed by atoms with van der Waals surface area (Å²) in [6.07, 6.45) is 0.108. The zero-order chi connectivity index (χ0) is 16.1.